The van der Waals surface area contributed by atoms with E-state index in [2.05, 4.69) is 22.3 Å². The van der Waals surface area contributed by atoms with Crippen molar-refractivity contribution in [1.29, 1.82) is 0 Å². The summed E-state index contributed by atoms with van der Waals surface area (Å²) in [6.07, 6.45) is 2.35. The molecule has 1 aromatic heterocycles. The minimum Gasteiger partial charge on any atom is -0.360 e. The van der Waals surface area contributed by atoms with Gasteiger partial charge in [-0.2, -0.15) is 0 Å². The molecule has 4 rings (SSSR count). The second-order valence-corrected chi connectivity index (χ2v) is 7.65. The third kappa shape index (κ3) is 3.21. The van der Waals surface area contributed by atoms with E-state index in [0.717, 1.165) is 48.8 Å². The van der Waals surface area contributed by atoms with Crippen molar-refractivity contribution in [3.8, 4) is 11.3 Å². The van der Waals surface area contributed by atoms with Gasteiger partial charge in [0.1, 0.15) is 11.5 Å². The van der Waals surface area contributed by atoms with Crippen LogP contribution in [0.3, 0.4) is 0 Å². The van der Waals surface area contributed by atoms with Crippen molar-refractivity contribution in [3.63, 3.8) is 0 Å². The molecule has 1 atom stereocenters. The molecule has 1 saturated heterocycles. The first kappa shape index (κ1) is 16.4. The van der Waals surface area contributed by atoms with Crippen molar-refractivity contribution < 1.29 is 4.52 Å². The lowest BCUT2D eigenvalue weighted by Gasteiger charge is -2.31. The van der Waals surface area contributed by atoms with E-state index in [-0.39, 0.29) is 0 Å². The molecule has 0 bridgehead atoms. The molecule has 1 aliphatic carbocycles. The van der Waals surface area contributed by atoms with Crippen LogP contribution >= 0.6 is 23.2 Å². The molecule has 0 unspecified atom stereocenters. The number of hydrogen-bond acceptors (Lipinski definition) is 4. The van der Waals surface area contributed by atoms with Crippen LogP contribution in [0.1, 0.15) is 37.0 Å². The van der Waals surface area contributed by atoms with E-state index >= 15 is 0 Å². The molecule has 0 radical (unpaired) electrons. The largest absolute Gasteiger partial charge is 0.360 e. The molecule has 1 saturated carbocycles. The zero-order valence-corrected chi connectivity index (χ0v) is 15.2. The highest BCUT2D eigenvalue weighted by molar-refractivity contribution is 6.39. The second kappa shape index (κ2) is 6.68. The van der Waals surface area contributed by atoms with Crippen LogP contribution in [0.5, 0.6) is 0 Å². The highest BCUT2D eigenvalue weighted by atomic mass is 35.5. The van der Waals surface area contributed by atoms with Crippen LogP contribution in [-0.2, 0) is 6.54 Å². The first-order chi connectivity index (χ1) is 11.6. The fourth-order valence-electron chi connectivity index (χ4n) is 3.44. The molecule has 2 aromatic rings. The predicted octanol–water partition coefficient (Wildman–Crippen LogP) is 4.32. The van der Waals surface area contributed by atoms with Crippen LogP contribution in [0.15, 0.2) is 22.7 Å². The quantitative estimate of drug-likeness (QED) is 0.875. The molecule has 4 nitrogen and oxygen atoms in total. The number of nitrogens with one attached hydrogen (secondary N) is 1. The van der Waals surface area contributed by atoms with Gasteiger partial charge in [0.05, 0.1) is 10.0 Å². The number of halogens is 2. The van der Waals surface area contributed by atoms with E-state index in [1.807, 2.05) is 18.2 Å². The number of aromatic nitrogens is 1. The Balaban J connectivity index is 1.72. The SMILES string of the molecule is C[C@@H]1CN(Cc2c(-c3c(Cl)cccc3Cl)noc2C2CC2)CCN1. The van der Waals surface area contributed by atoms with Crippen molar-refractivity contribution in [1.82, 2.24) is 15.4 Å². The van der Waals surface area contributed by atoms with Gasteiger partial charge in [-0.1, -0.05) is 34.4 Å². The van der Waals surface area contributed by atoms with Gasteiger partial charge in [-0.25, -0.2) is 0 Å². The molecule has 0 amide bonds. The van der Waals surface area contributed by atoms with Crippen LogP contribution < -0.4 is 5.32 Å². The standard InChI is InChI=1S/C18H21Cl2N3O/c1-11-9-23(8-7-21-11)10-13-17(22-24-18(13)12-5-6-12)16-14(19)3-2-4-15(16)20/h2-4,11-12,21H,5-10H2,1H3/t11-/m1/s1. The van der Waals surface area contributed by atoms with Gasteiger partial charge in [0.15, 0.2) is 0 Å². The van der Waals surface area contributed by atoms with Crippen molar-refractivity contribution in [2.75, 3.05) is 19.6 Å². The summed E-state index contributed by atoms with van der Waals surface area (Å²) in [6, 6.07) is 6.05. The number of benzene rings is 1. The van der Waals surface area contributed by atoms with Gasteiger partial charge < -0.3 is 9.84 Å². The summed E-state index contributed by atoms with van der Waals surface area (Å²) in [5.41, 5.74) is 2.75. The summed E-state index contributed by atoms with van der Waals surface area (Å²) in [7, 11) is 0. The number of nitrogens with zero attached hydrogens (tertiary/aromatic N) is 2. The molecule has 1 N–H and O–H groups in total. The second-order valence-electron chi connectivity index (χ2n) is 6.84. The molecule has 2 fully saturated rings. The van der Waals surface area contributed by atoms with E-state index in [9.17, 15) is 0 Å². The Bertz CT molecular complexity index is 722. The third-order valence-electron chi connectivity index (χ3n) is 4.80. The van der Waals surface area contributed by atoms with Crippen molar-refractivity contribution in [2.24, 2.45) is 0 Å². The number of piperazine rings is 1. The first-order valence-electron chi connectivity index (χ1n) is 8.52. The van der Waals surface area contributed by atoms with Gasteiger partial charge in [0, 0.05) is 49.3 Å². The first-order valence-corrected chi connectivity index (χ1v) is 9.27. The molecule has 2 heterocycles. The molecule has 1 aliphatic heterocycles. The summed E-state index contributed by atoms with van der Waals surface area (Å²) < 4.78 is 5.74. The highest BCUT2D eigenvalue weighted by Gasteiger charge is 2.34. The average molecular weight is 366 g/mol. The van der Waals surface area contributed by atoms with Crippen LogP contribution in [-0.4, -0.2) is 35.7 Å². The Morgan fingerprint density at radius 3 is 2.71 bits per heavy atom. The number of hydrogen-bond donors (Lipinski definition) is 1. The van der Waals surface area contributed by atoms with E-state index in [0.29, 0.717) is 22.0 Å². The van der Waals surface area contributed by atoms with Crippen LogP contribution in [0, 0.1) is 0 Å². The average Bonchev–Trinajstić information content (AvgIpc) is 3.31. The fourth-order valence-corrected chi connectivity index (χ4v) is 4.02. The Hall–Kier alpha value is -1.07. The maximum Gasteiger partial charge on any atom is 0.144 e. The Morgan fingerprint density at radius 2 is 2.04 bits per heavy atom. The van der Waals surface area contributed by atoms with Crippen LogP contribution in [0.25, 0.3) is 11.3 Å². The molecular weight excluding hydrogens is 345 g/mol. The Labute approximate surface area is 152 Å². The molecule has 2 aliphatic rings. The summed E-state index contributed by atoms with van der Waals surface area (Å²) in [5.74, 6) is 1.52. The summed E-state index contributed by atoms with van der Waals surface area (Å²) in [5, 5.41) is 9.09. The molecule has 6 heteroatoms. The molecular formula is C18H21Cl2N3O. The number of rotatable bonds is 4. The Kier molecular flexibility index (Phi) is 4.56. The normalized spacial score (nSPS) is 22.0. The zero-order valence-electron chi connectivity index (χ0n) is 13.7. The van der Waals surface area contributed by atoms with E-state index in [1.165, 1.54) is 12.8 Å². The smallest absolute Gasteiger partial charge is 0.144 e. The molecule has 128 valence electrons. The lowest BCUT2D eigenvalue weighted by atomic mass is 10.0. The topological polar surface area (TPSA) is 41.3 Å². The van der Waals surface area contributed by atoms with Crippen molar-refractivity contribution >= 4 is 23.2 Å². The van der Waals surface area contributed by atoms with Gasteiger partial charge in [0.2, 0.25) is 0 Å². The van der Waals surface area contributed by atoms with Crippen LogP contribution in [0.2, 0.25) is 10.0 Å². The molecule has 0 spiro atoms. The predicted molar refractivity (Wildman–Crippen MR) is 96.7 cm³/mol. The van der Waals surface area contributed by atoms with Gasteiger partial charge in [-0.15, -0.1) is 0 Å². The van der Waals surface area contributed by atoms with Gasteiger partial charge in [-0.3, -0.25) is 4.90 Å². The lowest BCUT2D eigenvalue weighted by molar-refractivity contribution is 0.198. The minimum atomic E-state index is 0.496. The van der Waals surface area contributed by atoms with Gasteiger partial charge in [-0.05, 0) is 31.9 Å². The lowest BCUT2D eigenvalue weighted by Crippen LogP contribution is -2.48. The van der Waals surface area contributed by atoms with Crippen molar-refractivity contribution in [3.05, 3.63) is 39.6 Å². The van der Waals surface area contributed by atoms with E-state index in [4.69, 9.17) is 27.7 Å². The van der Waals surface area contributed by atoms with Gasteiger partial charge >= 0.3 is 0 Å². The maximum atomic E-state index is 6.42. The summed E-state index contributed by atoms with van der Waals surface area (Å²) in [4.78, 5) is 2.45. The summed E-state index contributed by atoms with van der Waals surface area (Å²) in [6.45, 7) is 6.10. The molecule has 1 aromatic carbocycles. The zero-order chi connectivity index (χ0) is 16.7. The van der Waals surface area contributed by atoms with Crippen LogP contribution in [0.4, 0.5) is 0 Å². The minimum absolute atomic E-state index is 0.496. The Morgan fingerprint density at radius 1 is 1.29 bits per heavy atom. The van der Waals surface area contributed by atoms with E-state index < -0.39 is 0 Å². The summed E-state index contributed by atoms with van der Waals surface area (Å²) >= 11 is 12.8. The van der Waals surface area contributed by atoms with E-state index in [1.54, 1.807) is 0 Å². The molecule has 24 heavy (non-hydrogen) atoms. The third-order valence-corrected chi connectivity index (χ3v) is 5.43. The monoisotopic (exact) mass is 365 g/mol. The maximum absolute atomic E-state index is 6.42. The fraction of sp³-hybridized carbons (Fsp3) is 0.500. The highest BCUT2D eigenvalue weighted by Crippen LogP contribution is 2.46. The van der Waals surface area contributed by atoms with Gasteiger partial charge in [0.25, 0.3) is 0 Å². The van der Waals surface area contributed by atoms with Crippen molar-refractivity contribution in [2.45, 2.75) is 38.3 Å².